The molecular weight excluding hydrogens is 186 g/mol. The quantitative estimate of drug-likeness (QED) is 0.557. The monoisotopic (exact) mass is 207 g/mol. The van der Waals surface area contributed by atoms with Crippen LogP contribution in [0.3, 0.4) is 0 Å². The van der Waals surface area contributed by atoms with Crippen molar-refractivity contribution < 1.29 is 4.79 Å². The van der Waals surface area contributed by atoms with E-state index in [0.29, 0.717) is 0 Å². The molecule has 0 aromatic rings. The minimum Gasteiger partial charge on any atom is -0.356 e. The van der Waals surface area contributed by atoms with Gasteiger partial charge in [0.2, 0.25) is 5.91 Å². The summed E-state index contributed by atoms with van der Waals surface area (Å²) in [5, 5.41) is 2.99. The van der Waals surface area contributed by atoms with Crippen molar-refractivity contribution in [2.24, 2.45) is 5.41 Å². The van der Waals surface area contributed by atoms with Gasteiger partial charge in [0.15, 0.2) is 0 Å². The Labute approximate surface area is 92.8 Å². The van der Waals surface area contributed by atoms with Crippen molar-refractivity contribution in [3.05, 3.63) is 0 Å². The van der Waals surface area contributed by atoms with Crippen molar-refractivity contribution in [3.8, 4) is 12.3 Å². The van der Waals surface area contributed by atoms with Crippen LogP contribution in [0.2, 0.25) is 0 Å². The largest absolute Gasteiger partial charge is 0.356 e. The van der Waals surface area contributed by atoms with Gasteiger partial charge >= 0.3 is 0 Å². The first-order chi connectivity index (χ1) is 7.19. The Morgan fingerprint density at radius 3 is 2.67 bits per heavy atom. The van der Waals surface area contributed by atoms with Crippen LogP contribution in [0.1, 0.15) is 51.9 Å². The highest BCUT2D eigenvalue weighted by atomic mass is 16.2. The molecular formula is C13H21NO. The van der Waals surface area contributed by atoms with Gasteiger partial charge in [0.05, 0.1) is 0 Å². The maximum Gasteiger partial charge on any atom is 0.225 e. The van der Waals surface area contributed by atoms with Gasteiger partial charge in [0, 0.05) is 18.4 Å². The Kier molecular flexibility index (Phi) is 4.68. The molecule has 0 atom stereocenters. The van der Waals surface area contributed by atoms with Gasteiger partial charge in [-0.15, -0.1) is 12.3 Å². The molecule has 0 bridgehead atoms. The summed E-state index contributed by atoms with van der Waals surface area (Å²) in [7, 11) is 0. The number of rotatable bonds is 4. The molecule has 1 N–H and O–H groups in total. The summed E-state index contributed by atoms with van der Waals surface area (Å²) in [6.45, 7) is 2.81. The van der Waals surface area contributed by atoms with Gasteiger partial charge in [-0.25, -0.2) is 0 Å². The molecule has 2 nitrogen and oxygen atoms in total. The van der Waals surface area contributed by atoms with Crippen molar-refractivity contribution in [3.63, 3.8) is 0 Å². The first-order valence-electron chi connectivity index (χ1n) is 5.91. The van der Waals surface area contributed by atoms with Crippen molar-refractivity contribution in [1.29, 1.82) is 0 Å². The summed E-state index contributed by atoms with van der Waals surface area (Å²) in [4.78, 5) is 11.9. The average Bonchev–Trinajstić information content (AvgIpc) is 2.25. The third kappa shape index (κ3) is 3.58. The number of nitrogens with one attached hydrogen (secondary N) is 1. The van der Waals surface area contributed by atoms with E-state index in [2.05, 4.69) is 18.2 Å². The first-order valence-corrected chi connectivity index (χ1v) is 5.91. The zero-order valence-corrected chi connectivity index (χ0v) is 9.64. The molecule has 0 spiro atoms. The second-order valence-corrected chi connectivity index (χ2v) is 4.68. The van der Waals surface area contributed by atoms with Crippen LogP contribution >= 0.6 is 0 Å². The number of terminal acetylenes is 1. The van der Waals surface area contributed by atoms with E-state index in [1.54, 1.807) is 0 Å². The molecule has 84 valence electrons. The Morgan fingerprint density at radius 2 is 2.07 bits per heavy atom. The van der Waals surface area contributed by atoms with Crippen LogP contribution in [0.25, 0.3) is 0 Å². The summed E-state index contributed by atoms with van der Waals surface area (Å²) in [6, 6.07) is 0. The summed E-state index contributed by atoms with van der Waals surface area (Å²) in [5.41, 5.74) is -0.117. The summed E-state index contributed by atoms with van der Waals surface area (Å²) in [5.74, 6) is 2.80. The highest BCUT2D eigenvalue weighted by Gasteiger charge is 2.33. The van der Waals surface area contributed by atoms with Gasteiger partial charge in [-0.1, -0.05) is 26.2 Å². The lowest BCUT2D eigenvalue weighted by Crippen LogP contribution is -2.40. The molecule has 0 unspecified atom stereocenters. The van der Waals surface area contributed by atoms with E-state index in [1.807, 2.05) is 0 Å². The van der Waals surface area contributed by atoms with Crippen LogP contribution in [0.5, 0.6) is 0 Å². The molecule has 0 aliphatic heterocycles. The zero-order chi connectivity index (χ0) is 11.1. The second-order valence-electron chi connectivity index (χ2n) is 4.68. The Hall–Kier alpha value is -0.970. The van der Waals surface area contributed by atoms with Crippen molar-refractivity contribution in [2.75, 3.05) is 6.54 Å². The summed E-state index contributed by atoms with van der Waals surface area (Å²) >= 11 is 0. The fraction of sp³-hybridized carbons (Fsp3) is 0.769. The van der Waals surface area contributed by atoms with Gasteiger partial charge in [-0.2, -0.15) is 0 Å². The van der Waals surface area contributed by atoms with Crippen LogP contribution in [-0.4, -0.2) is 12.5 Å². The number of carbonyl (C=O) groups is 1. The standard InChI is InChI=1S/C13H21NO/c1-3-4-8-11-14-12(15)13(2)9-6-5-7-10-13/h1H,4-11H2,2H3,(H,14,15). The molecule has 0 radical (unpaired) electrons. The number of hydrogen-bond acceptors (Lipinski definition) is 1. The Morgan fingerprint density at radius 1 is 1.40 bits per heavy atom. The second kappa shape index (κ2) is 5.80. The highest BCUT2D eigenvalue weighted by Crippen LogP contribution is 2.35. The zero-order valence-electron chi connectivity index (χ0n) is 9.64. The topological polar surface area (TPSA) is 29.1 Å². The molecule has 0 aromatic carbocycles. The molecule has 0 aromatic heterocycles. The number of unbranched alkanes of at least 4 members (excludes halogenated alkanes) is 1. The lowest BCUT2D eigenvalue weighted by Gasteiger charge is -2.31. The van der Waals surface area contributed by atoms with Gasteiger partial charge < -0.3 is 5.32 Å². The van der Waals surface area contributed by atoms with E-state index >= 15 is 0 Å². The molecule has 1 rings (SSSR count). The van der Waals surface area contributed by atoms with E-state index in [4.69, 9.17) is 6.42 Å². The first kappa shape index (κ1) is 12.1. The van der Waals surface area contributed by atoms with Crippen molar-refractivity contribution in [1.82, 2.24) is 5.32 Å². The smallest absolute Gasteiger partial charge is 0.225 e. The predicted octanol–water partition coefficient (Wildman–Crippen LogP) is 2.49. The van der Waals surface area contributed by atoms with E-state index in [-0.39, 0.29) is 11.3 Å². The molecule has 0 saturated heterocycles. The Balaban J connectivity index is 2.29. The lowest BCUT2D eigenvalue weighted by molar-refractivity contribution is -0.131. The Bertz CT molecular complexity index is 246. The fourth-order valence-electron chi connectivity index (χ4n) is 2.16. The van der Waals surface area contributed by atoms with Gasteiger partial charge in [-0.3, -0.25) is 4.79 Å². The van der Waals surface area contributed by atoms with Crippen LogP contribution in [0.4, 0.5) is 0 Å². The molecule has 15 heavy (non-hydrogen) atoms. The van der Waals surface area contributed by atoms with Gasteiger partial charge in [0.1, 0.15) is 0 Å². The summed E-state index contributed by atoms with van der Waals surface area (Å²) in [6.07, 6.45) is 12.5. The van der Waals surface area contributed by atoms with Crippen LogP contribution in [-0.2, 0) is 4.79 Å². The maximum absolute atomic E-state index is 11.9. The van der Waals surface area contributed by atoms with E-state index in [0.717, 1.165) is 32.2 Å². The van der Waals surface area contributed by atoms with Gasteiger partial charge in [-0.05, 0) is 19.3 Å². The molecule has 1 aliphatic carbocycles. The maximum atomic E-state index is 11.9. The van der Waals surface area contributed by atoms with Crippen LogP contribution in [0.15, 0.2) is 0 Å². The van der Waals surface area contributed by atoms with Crippen molar-refractivity contribution >= 4 is 5.91 Å². The van der Waals surface area contributed by atoms with E-state index < -0.39 is 0 Å². The molecule has 1 aliphatic rings. The SMILES string of the molecule is C#CCCCNC(=O)C1(C)CCCCC1. The molecule has 0 heterocycles. The normalized spacial score (nSPS) is 19.2. The number of amides is 1. The van der Waals surface area contributed by atoms with Crippen molar-refractivity contribution in [2.45, 2.75) is 51.9 Å². The van der Waals surface area contributed by atoms with E-state index in [1.165, 1.54) is 19.3 Å². The number of hydrogen-bond donors (Lipinski definition) is 1. The minimum atomic E-state index is -0.117. The third-order valence-corrected chi connectivity index (χ3v) is 3.29. The van der Waals surface area contributed by atoms with Crippen LogP contribution in [0, 0.1) is 17.8 Å². The molecule has 2 heteroatoms. The minimum absolute atomic E-state index is 0.117. The third-order valence-electron chi connectivity index (χ3n) is 3.29. The lowest BCUT2D eigenvalue weighted by atomic mass is 9.75. The molecule has 1 saturated carbocycles. The fourth-order valence-corrected chi connectivity index (χ4v) is 2.16. The molecule has 1 amide bonds. The average molecular weight is 207 g/mol. The van der Waals surface area contributed by atoms with Crippen LogP contribution < -0.4 is 5.32 Å². The van der Waals surface area contributed by atoms with Gasteiger partial charge in [0.25, 0.3) is 0 Å². The summed E-state index contributed by atoms with van der Waals surface area (Å²) < 4.78 is 0. The molecule has 1 fully saturated rings. The predicted molar refractivity (Wildman–Crippen MR) is 62.3 cm³/mol. The van der Waals surface area contributed by atoms with E-state index in [9.17, 15) is 4.79 Å². The number of carbonyl (C=O) groups excluding carboxylic acids is 1. The highest BCUT2D eigenvalue weighted by molar-refractivity contribution is 5.82.